The van der Waals surface area contributed by atoms with Gasteiger partial charge in [0, 0.05) is 12.0 Å². The molecule has 1 atom stereocenters. The van der Waals surface area contributed by atoms with Gasteiger partial charge in [0.2, 0.25) is 0 Å². The highest BCUT2D eigenvalue weighted by atomic mass is 35.5. The summed E-state index contributed by atoms with van der Waals surface area (Å²) >= 11 is 0. The molecule has 0 amide bonds. The number of benzene rings is 1. The first-order valence-corrected chi connectivity index (χ1v) is 8.73. The highest BCUT2D eigenvalue weighted by Gasteiger charge is 2.31. The van der Waals surface area contributed by atoms with Crippen molar-refractivity contribution in [1.29, 1.82) is 0 Å². The van der Waals surface area contributed by atoms with Crippen LogP contribution in [0.5, 0.6) is 5.75 Å². The van der Waals surface area contributed by atoms with Crippen molar-refractivity contribution in [3.8, 4) is 5.75 Å². The Morgan fingerprint density at radius 1 is 1.30 bits per heavy atom. The monoisotopic (exact) mass is 335 g/mol. The van der Waals surface area contributed by atoms with Crippen molar-refractivity contribution in [3.05, 3.63) is 42.0 Å². The van der Waals surface area contributed by atoms with Crippen LogP contribution in [0.25, 0.3) is 0 Å². The van der Waals surface area contributed by atoms with Crippen molar-refractivity contribution < 1.29 is 4.74 Å². The maximum absolute atomic E-state index is 5.44. The second-order valence-corrected chi connectivity index (χ2v) is 7.14. The van der Waals surface area contributed by atoms with E-state index >= 15 is 0 Å². The van der Waals surface area contributed by atoms with E-state index in [1.165, 1.54) is 57.2 Å². The number of rotatable bonds is 7. The Kier molecular flexibility index (Phi) is 6.55. The van der Waals surface area contributed by atoms with Gasteiger partial charge in [0.05, 0.1) is 7.11 Å². The molecule has 23 heavy (non-hydrogen) atoms. The Morgan fingerprint density at radius 2 is 2.13 bits per heavy atom. The highest BCUT2D eigenvalue weighted by molar-refractivity contribution is 5.85. The molecule has 0 aromatic heterocycles. The SMILES string of the molecule is COc1cccc(C2(CCN(C)CC3CC3)C=CCCC2)c1.Cl. The fourth-order valence-corrected chi connectivity index (χ4v) is 3.68. The van der Waals surface area contributed by atoms with Gasteiger partial charge in [-0.3, -0.25) is 0 Å². The Morgan fingerprint density at radius 3 is 2.78 bits per heavy atom. The predicted molar refractivity (Wildman–Crippen MR) is 99.7 cm³/mol. The maximum Gasteiger partial charge on any atom is 0.119 e. The smallest absolute Gasteiger partial charge is 0.119 e. The van der Waals surface area contributed by atoms with Crippen LogP contribution in [0.3, 0.4) is 0 Å². The van der Waals surface area contributed by atoms with E-state index in [4.69, 9.17) is 4.74 Å². The Hall–Kier alpha value is -0.990. The summed E-state index contributed by atoms with van der Waals surface area (Å²) in [4.78, 5) is 2.53. The van der Waals surface area contributed by atoms with Crippen molar-refractivity contribution in [3.63, 3.8) is 0 Å². The summed E-state index contributed by atoms with van der Waals surface area (Å²) in [7, 11) is 4.04. The van der Waals surface area contributed by atoms with Crippen LogP contribution >= 0.6 is 12.4 Å². The second-order valence-electron chi connectivity index (χ2n) is 7.14. The van der Waals surface area contributed by atoms with E-state index in [0.717, 1.165) is 11.7 Å². The number of ether oxygens (including phenoxy) is 1. The van der Waals surface area contributed by atoms with Crippen molar-refractivity contribution in [2.24, 2.45) is 5.92 Å². The molecule has 2 nitrogen and oxygen atoms in total. The molecule has 0 radical (unpaired) electrons. The number of methoxy groups -OCH3 is 1. The fourth-order valence-electron chi connectivity index (χ4n) is 3.68. The van der Waals surface area contributed by atoms with E-state index in [1.54, 1.807) is 7.11 Å². The van der Waals surface area contributed by atoms with Crippen LogP contribution in [0.2, 0.25) is 0 Å². The number of allylic oxidation sites excluding steroid dienone is 2. The molecule has 1 aromatic carbocycles. The van der Waals surface area contributed by atoms with Gasteiger partial charge in [-0.1, -0.05) is 24.3 Å². The molecular formula is C20H30ClNO. The average Bonchev–Trinajstić information content (AvgIpc) is 3.38. The number of hydrogen-bond donors (Lipinski definition) is 0. The van der Waals surface area contributed by atoms with Crippen molar-refractivity contribution in [1.82, 2.24) is 4.90 Å². The number of nitrogens with zero attached hydrogens (tertiary/aromatic N) is 1. The molecule has 0 saturated heterocycles. The molecule has 128 valence electrons. The first kappa shape index (κ1) is 18.4. The predicted octanol–water partition coefficient (Wildman–Crippen LogP) is 4.83. The standard InChI is InChI=1S/C20H29NO.ClH/c1-21(16-17-9-10-17)14-13-20(11-4-3-5-12-20)18-7-6-8-19(15-18)22-2;/h4,6-8,11,15,17H,3,5,9-10,12-14,16H2,1-2H3;1H. The zero-order chi connectivity index (χ0) is 15.4. The van der Waals surface area contributed by atoms with Gasteiger partial charge >= 0.3 is 0 Å². The Bertz CT molecular complexity index is 526. The van der Waals surface area contributed by atoms with Crippen molar-refractivity contribution in [2.75, 3.05) is 27.2 Å². The van der Waals surface area contributed by atoms with E-state index in [-0.39, 0.29) is 17.8 Å². The Balaban J connectivity index is 0.00000192. The third-order valence-electron chi connectivity index (χ3n) is 5.28. The molecule has 2 aliphatic carbocycles. The van der Waals surface area contributed by atoms with Crippen LogP contribution in [-0.2, 0) is 5.41 Å². The number of halogens is 1. The van der Waals surface area contributed by atoms with Crippen LogP contribution in [0.4, 0.5) is 0 Å². The van der Waals surface area contributed by atoms with Gasteiger partial charge in [0.15, 0.2) is 0 Å². The first-order valence-electron chi connectivity index (χ1n) is 8.73. The summed E-state index contributed by atoms with van der Waals surface area (Å²) < 4.78 is 5.44. The third-order valence-corrected chi connectivity index (χ3v) is 5.28. The van der Waals surface area contributed by atoms with Gasteiger partial charge < -0.3 is 9.64 Å². The molecule has 1 fully saturated rings. The summed E-state index contributed by atoms with van der Waals surface area (Å²) in [5.41, 5.74) is 1.62. The fraction of sp³-hybridized carbons (Fsp3) is 0.600. The van der Waals surface area contributed by atoms with E-state index in [2.05, 4.69) is 42.3 Å². The van der Waals surface area contributed by atoms with Gasteiger partial charge in [0.25, 0.3) is 0 Å². The molecule has 3 heteroatoms. The molecule has 1 aromatic rings. The van der Waals surface area contributed by atoms with E-state index < -0.39 is 0 Å². The van der Waals surface area contributed by atoms with Gasteiger partial charge in [0.1, 0.15) is 5.75 Å². The second kappa shape index (κ2) is 8.21. The highest BCUT2D eigenvalue weighted by Crippen LogP contribution is 2.39. The largest absolute Gasteiger partial charge is 0.497 e. The molecule has 0 aliphatic heterocycles. The van der Waals surface area contributed by atoms with Crippen molar-refractivity contribution >= 4 is 12.4 Å². The van der Waals surface area contributed by atoms with Gasteiger partial charge in [-0.05, 0) is 75.7 Å². The molecule has 0 N–H and O–H groups in total. The summed E-state index contributed by atoms with van der Waals surface area (Å²) in [6.07, 6.45) is 12.7. The van der Waals surface area contributed by atoms with Gasteiger partial charge in [-0.2, -0.15) is 0 Å². The van der Waals surface area contributed by atoms with Crippen LogP contribution in [0, 0.1) is 5.92 Å². The maximum atomic E-state index is 5.44. The topological polar surface area (TPSA) is 12.5 Å². The van der Waals surface area contributed by atoms with Crippen LogP contribution in [-0.4, -0.2) is 32.1 Å². The average molecular weight is 336 g/mol. The summed E-state index contributed by atoms with van der Waals surface area (Å²) in [6, 6.07) is 8.69. The lowest BCUT2D eigenvalue weighted by molar-refractivity contribution is 0.278. The van der Waals surface area contributed by atoms with Gasteiger partial charge in [-0.25, -0.2) is 0 Å². The van der Waals surface area contributed by atoms with Crippen LogP contribution in [0.1, 0.15) is 44.1 Å². The summed E-state index contributed by atoms with van der Waals surface area (Å²) in [5.74, 6) is 1.95. The molecule has 2 aliphatic rings. The molecule has 0 heterocycles. The minimum atomic E-state index is 0. The zero-order valence-corrected chi connectivity index (χ0v) is 15.3. The van der Waals surface area contributed by atoms with Crippen molar-refractivity contribution in [2.45, 2.75) is 43.9 Å². The number of hydrogen-bond acceptors (Lipinski definition) is 2. The van der Waals surface area contributed by atoms with E-state index in [1.807, 2.05) is 6.07 Å². The minimum absolute atomic E-state index is 0. The molecule has 0 spiro atoms. The lowest BCUT2D eigenvalue weighted by Gasteiger charge is -2.35. The zero-order valence-electron chi connectivity index (χ0n) is 14.5. The normalized spacial score (nSPS) is 23.6. The van der Waals surface area contributed by atoms with Crippen LogP contribution < -0.4 is 4.74 Å². The minimum Gasteiger partial charge on any atom is -0.497 e. The summed E-state index contributed by atoms with van der Waals surface area (Å²) in [5, 5.41) is 0. The summed E-state index contributed by atoms with van der Waals surface area (Å²) in [6.45, 7) is 2.45. The lowest BCUT2D eigenvalue weighted by atomic mass is 9.71. The molecule has 1 unspecified atom stereocenters. The molecule has 3 rings (SSSR count). The van der Waals surface area contributed by atoms with Gasteiger partial charge in [-0.15, -0.1) is 12.4 Å². The van der Waals surface area contributed by atoms with E-state index in [0.29, 0.717) is 0 Å². The van der Waals surface area contributed by atoms with Crippen LogP contribution in [0.15, 0.2) is 36.4 Å². The first-order chi connectivity index (χ1) is 10.7. The molecule has 0 bridgehead atoms. The quantitative estimate of drug-likeness (QED) is 0.662. The third kappa shape index (κ3) is 4.74. The Labute approximate surface area is 147 Å². The molecular weight excluding hydrogens is 306 g/mol. The lowest BCUT2D eigenvalue weighted by Crippen LogP contribution is -2.32. The molecule has 1 saturated carbocycles. The van der Waals surface area contributed by atoms with E-state index in [9.17, 15) is 0 Å².